The van der Waals surface area contributed by atoms with Gasteiger partial charge in [0.25, 0.3) is 0 Å². The average Bonchev–Trinajstić information content (AvgIpc) is 3.27. The van der Waals surface area contributed by atoms with Crippen molar-refractivity contribution in [3.63, 3.8) is 0 Å². The number of hydrogen-bond donors (Lipinski definition) is 1. The number of nitrogens with one attached hydrogen (secondary N) is 1. The number of ether oxygens (including phenoxy) is 1. The SMILES string of the molecule is COc1cc(CNC2CC2)ccc1S(=O)(=O)N(C)C(C)C. The van der Waals surface area contributed by atoms with Gasteiger partial charge in [-0.15, -0.1) is 0 Å². The largest absolute Gasteiger partial charge is 0.495 e. The molecule has 118 valence electrons. The molecule has 1 aromatic rings. The predicted octanol–water partition coefficient (Wildman–Crippen LogP) is 1.98. The summed E-state index contributed by atoms with van der Waals surface area (Å²) in [6, 6.07) is 5.80. The summed E-state index contributed by atoms with van der Waals surface area (Å²) in [6.07, 6.45) is 2.45. The van der Waals surface area contributed by atoms with Crippen LogP contribution < -0.4 is 10.1 Å². The van der Waals surface area contributed by atoms with Crippen molar-refractivity contribution in [3.05, 3.63) is 23.8 Å². The molecular formula is C15H24N2O3S. The minimum atomic E-state index is -3.53. The highest BCUT2D eigenvalue weighted by atomic mass is 32.2. The van der Waals surface area contributed by atoms with Gasteiger partial charge >= 0.3 is 0 Å². The average molecular weight is 312 g/mol. The molecule has 0 spiro atoms. The van der Waals surface area contributed by atoms with Gasteiger partial charge in [0.15, 0.2) is 0 Å². The number of hydrogen-bond acceptors (Lipinski definition) is 4. The normalized spacial score (nSPS) is 15.7. The molecule has 0 bridgehead atoms. The van der Waals surface area contributed by atoms with Crippen LogP contribution in [0.25, 0.3) is 0 Å². The van der Waals surface area contributed by atoms with Crippen molar-refractivity contribution in [2.24, 2.45) is 0 Å². The van der Waals surface area contributed by atoms with E-state index < -0.39 is 10.0 Å². The van der Waals surface area contributed by atoms with Gasteiger partial charge in [-0.1, -0.05) is 6.07 Å². The second kappa shape index (κ2) is 6.34. The van der Waals surface area contributed by atoms with E-state index in [9.17, 15) is 8.42 Å². The topological polar surface area (TPSA) is 58.6 Å². The molecule has 5 nitrogen and oxygen atoms in total. The highest BCUT2D eigenvalue weighted by molar-refractivity contribution is 7.89. The molecule has 0 aliphatic heterocycles. The van der Waals surface area contributed by atoms with Crippen molar-refractivity contribution in [2.75, 3.05) is 14.2 Å². The third-order valence-corrected chi connectivity index (χ3v) is 5.86. The molecule has 1 saturated carbocycles. The maximum Gasteiger partial charge on any atom is 0.246 e. The molecule has 21 heavy (non-hydrogen) atoms. The zero-order valence-corrected chi connectivity index (χ0v) is 13.9. The zero-order chi connectivity index (χ0) is 15.6. The molecule has 0 atom stereocenters. The van der Waals surface area contributed by atoms with Crippen molar-refractivity contribution in [1.29, 1.82) is 0 Å². The van der Waals surface area contributed by atoms with E-state index in [1.807, 2.05) is 19.9 Å². The Hall–Kier alpha value is -1.11. The zero-order valence-electron chi connectivity index (χ0n) is 13.1. The molecule has 0 radical (unpaired) electrons. The van der Waals surface area contributed by atoms with Crippen LogP contribution in [0, 0.1) is 0 Å². The van der Waals surface area contributed by atoms with Crippen LogP contribution in [0.5, 0.6) is 5.75 Å². The first kappa shape index (κ1) is 16.3. The number of rotatable bonds is 7. The fourth-order valence-electron chi connectivity index (χ4n) is 2.02. The molecule has 1 N–H and O–H groups in total. The van der Waals surface area contributed by atoms with Crippen molar-refractivity contribution in [2.45, 2.75) is 50.2 Å². The van der Waals surface area contributed by atoms with Gasteiger partial charge in [-0.05, 0) is 44.4 Å². The van der Waals surface area contributed by atoms with Crippen LogP contribution in [0.1, 0.15) is 32.3 Å². The highest BCUT2D eigenvalue weighted by Crippen LogP contribution is 2.28. The molecule has 1 fully saturated rings. The summed E-state index contributed by atoms with van der Waals surface area (Å²) in [5.41, 5.74) is 1.03. The summed E-state index contributed by atoms with van der Waals surface area (Å²) in [4.78, 5) is 0.219. The first-order chi connectivity index (χ1) is 9.86. The Morgan fingerprint density at radius 3 is 2.57 bits per heavy atom. The third-order valence-electron chi connectivity index (χ3n) is 3.78. The summed E-state index contributed by atoms with van der Waals surface area (Å²) in [5, 5.41) is 3.41. The Bertz CT molecular complexity index is 595. The van der Waals surface area contributed by atoms with Gasteiger partial charge in [-0.25, -0.2) is 8.42 Å². The van der Waals surface area contributed by atoms with Crippen molar-refractivity contribution in [1.82, 2.24) is 9.62 Å². The Morgan fingerprint density at radius 2 is 2.05 bits per heavy atom. The first-order valence-corrected chi connectivity index (χ1v) is 8.68. The molecule has 1 aromatic carbocycles. The lowest BCUT2D eigenvalue weighted by Crippen LogP contribution is -2.33. The number of sulfonamides is 1. The van der Waals surface area contributed by atoms with Gasteiger partial charge in [-0.3, -0.25) is 0 Å². The minimum absolute atomic E-state index is 0.101. The van der Waals surface area contributed by atoms with Gasteiger partial charge in [0.1, 0.15) is 10.6 Å². The monoisotopic (exact) mass is 312 g/mol. The van der Waals surface area contributed by atoms with E-state index in [-0.39, 0.29) is 10.9 Å². The lowest BCUT2D eigenvalue weighted by Gasteiger charge is -2.22. The molecule has 6 heteroatoms. The fraction of sp³-hybridized carbons (Fsp3) is 0.600. The van der Waals surface area contributed by atoms with E-state index in [1.165, 1.54) is 24.3 Å². The maximum atomic E-state index is 12.6. The lowest BCUT2D eigenvalue weighted by atomic mass is 10.2. The highest BCUT2D eigenvalue weighted by Gasteiger charge is 2.27. The van der Waals surface area contributed by atoms with Crippen LogP contribution in [-0.4, -0.2) is 39.0 Å². The van der Waals surface area contributed by atoms with E-state index >= 15 is 0 Å². The summed E-state index contributed by atoms with van der Waals surface area (Å²) in [6.45, 7) is 4.43. The van der Waals surface area contributed by atoms with Crippen LogP contribution >= 0.6 is 0 Å². The summed E-state index contributed by atoms with van der Waals surface area (Å²) < 4.78 is 31.8. The summed E-state index contributed by atoms with van der Waals surface area (Å²) in [5.74, 6) is 0.401. The number of nitrogens with zero attached hydrogens (tertiary/aromatic N) is 1. The van der Waals surface area contributed by atoms with Crippen LogP contribution in [0.2, 0.25) is 0 Å². The maximum absolute atomic E-state index is 12.6. The second-order valence-corrected chi connectivity index (χ2v) is 7.72. The van der Waals surface area contributed by atoms with Crippen molar-refractivity contribution in [3.8, 4) is 5.75 Å². The minimum Gasteiger partial charge on any atom is -0.495 e. The Labute approximate surface area is 127 Å². The molecule has 1 aliphatic rings. The first-order valence-electron chi connectivity index (χ1n) is 7.24. The molecular weight excluding hydrogens is 288 g/mol. The Kier molecular flexibility index (Phi) is 4.91. The molecule has 0 aromatic heterocycles. The van der Waals surface area contributed by atoms with Gasteiger partial charge < -0.3 is 10.1 Å². The molecule has 2 rings (SSSR count). The van der Waals surface area contributed by atoms with E-state index in [0.29, 0.717) is 11.8 Å². The van der Waals surface area contributed by atoms with Crippen LogP contribution in [-0.2, 0) is 16.6 Å². The Morgan fingerprint density at radius 1 is 1.38 bits per heavy atom. The second-order valence-electron chi connectivity index (χ2n) is 5.76. The number of benzene rings is 1. The quantitative estimate of drug-likeness (QED) is 0.836. The van der Waals surface area contributed by atoms with Gasteiger partial charge in [0.05, 0.1) is 7.11 Å². The molecule has 0 heterocycles. The van der Waals surface area contributed by atoms with Crippen LogP contribution in [0.4, 0.5) is 0 Å². The molecule has 1 aliphatic carbocycles. The summed E-state index contributed by atoms with van der Waals surface area (Å²) >= 11 is 0. The predicted molar refractivity (Wildman–Crippen MR) is 82.9 cm³/mol. The Balaban J connectivity index is 2.26. The van der Waals surface area contributed by atoms with Crippen LogP contribution in [0.15, 0.2) is 23.1 Å². The number of methoxy groups -OCH3 is 1. The molecule has 0 unspecified atom stereocenters. The molecule has 0 saturated heterocycles. The van der Waals surface area contributed by atoms with E-state index in [1.54, 1.807) is 19.2 Å². The fourth-order valence-corrected chi connectivity index (χ4v) is 3.52. The molecule has 0 amide bonds. The lowest BCUT2D eigenvalue weighted by molar-refractivity contribution is 0.387. The van der Waals surface area contributed by atoms with E-state index in [4.69, 9.17) is 4.74 Å². The smallest absolute Gasteiger partial charge is 0.246 e. The van der Waals surface area contributed by atoms with Gasteiger partial charge in [0, 0.05) is 25.7 Å². The van der Waals surface area contributed by atoms with Gasteiger partial charge in [-0.2, -0.15) is 4.31 Å². The third kappa shape index (κ3) is 3.75. The van der Waals surface area contributed by atoms with Gasteiger partial charge in [0.2, 0.25) is 10.0 Å². The van der Waals surface area contributed by atoms with E-state index in [0.717, 1.165) is 12.1 Å². The van der Waals surface area contributed by atoms with E-state index in [2.05, 4.69) is 5.32 Å². The standard InChI is InChI=1S/C15H24N2O3S/c1-11(2)17(3)21(18,19)15-8-5-12(9-14(15)20-4)10-16-13-6-7-13/h5,8-9,11,13,16H,6-7,10H2,1-4H3. The van der Waals surface area contributed by atoms with Crippen LogP contribution in [0.3, 0.4) is 0 Å². The van der Waals surface area contributed by atoms with Crippen molar-refractivity contribution >= 4 is 10.0 Å². The summed E-state index contributed by atoms with van der Waals surface area (Å²) in [7, 11) is -0.442. The van der Waals surface area contributed by atoms with Crippen molar-refractivity contribution < 1.29 is 13.2 Å².